The molecule has 0 amide bonds. The Bertz CT molecular complexity index is 1660. The summed E-state index contributed by atoms with van der Waals surface area (Å²) in [6.07, 6.45) is -1.40. The van der Waals surface area contributed by atoms with Gasteiger partial charge in [-0.1, -0.05) is 0 Å². The molecule has 5 aromatic rings. The number of methoxy groups -OCH3 is 1. The van der Waals surface area contributed by atoms with Crippen molar-refractivity contribution in [1.29, 1.82) is 0 Å². The number of carbonyl (C=O) groups is 2. The monoisotopic (exact) mass is 522 g/mol. The zero-order valence-electron chi connectivity index (χ0n) is 22.2. The van der Waals surface area contributed by atoms with E-state index in [2.05, 4.69) is 0 Å². The van der Waals surface area contributed by atoms with E-state index in [-0.39, 0.29) is 16.8 Å². The van der Waals surface area contributed by atoms with Crippen LogP contribution in [-0.2, 0) is 9.47 Å². The van der Waals surface area contributed by atoms with Crippen LogP contribution in [0.2, 0.25) is 0 Å². The summed E-state index contributed by atoms with van der Waals surface area (Å²) in [5, 5.41) is 1.81. The van der Waals surface area contributed by atoms with Crippen LogP contribution in [-0.4, -0.2) is 39.6 Å². The molecule has 0 aliphatic heterocycles. The van der Waals surface area contributed by atoms with Gasteiger partial charge in [0.15, 0.2) is 5.75 Å². The van der Waals surface area contributed by atoms with Crippen LogP contribution in [0.5, 0.6) is 5.75 Å². The van der Waals surface area contributed by atoms with Gasteiger partial charge in [-0.2, -0.15) is 0 Å². The predicted octanol–water partition coefficient (Wildman–Crippen LogP) is 7.76. The van der Waals surface area contributed by atoms with Gasteiger partial charge >= 0.3 is 12.2 Å². The van der Waals surface area contributed by atoms with Crippen molar-refractivity contribution >= 4 is 55.8 Å². The van der Waals surface area contributed by atoms with Crippen LogP contribution < -0.4 is 4.74 Å². The van der Waals surface area contributed by atoms with Crippen LogP contribution in [0.4, 0.5) is 18.4 Å². The molecule has 9 heteroatoms. The van der Waals surface area contributed by atoms with E-state index in [1.807, 2.05) is 0 Å². The van der Waals surface area contributed by atoms with Crippen LogP contribution >= 0.6 is 0 Å². The maximum Gasteiger partial charge on any atom is 0.419 e. The van der Waals surface area contributed by atoms with Gasteiger partial charge in [-0.25, -0.2) is 27.5 Å². The van der Waals surface area contributed by atoms with Gasteiger partial charge in [-0.05, 0) is 84.0 Å². The van der Waals surface area contributed by atoms with E-state index in [9.17, 15) is 18.4 Å². The second-order valence-electron chi connectivity index (χ2n) is 11.2. The average molecular weight is 523 g/mol. The highest BCUT2D eigenvalue weighted by Crippen LogP contribution is 2.44. The zero-order valence-corrected chi connectivity index (χ0v) is 22.2. The molecular formula is C29H28F2N2O5. The summed E-state index contributed by atoms with van der Waals surface area (Å²) in [4.78, 5) is 27.0. The van der Waals surface area contributed by atoms with Gasteiger partial charge < -0.3 is 14.2 Å². The molecule has 0 aliphatic rings. The molecule has 38 heavy (non-hydrogen) atoms. The molecule has 2 heterocycles. The lowest BCUT2D eigenvalue weighted by Crippen LogP contribution is -2.27. The molecule has 0 bridgehead atoms. The predicted molar refractivity (Wildman–Crippen MR) is 142 cm³/mol. The number of rotatable bonds is 1. The first-order valence-electron chi connectivity index (χ1n) is 12.1. The molecule has 0 N–H and O–H groups in total. The van der Waals surface area contributed by atoms with Crippen molar-refractivity contribution < 1.29 is 32.6 Å². The minimum Gasteiger partial charge on any atom is -0.492 e. The van der Waals surface area contributed by atoms with Crippen molar-refractivity contribution in [3.8, 4) is 5.75 Å². The van der Waals surface area contributed by atoms with E-state index in [1.54, 1.807) is 47.6 Å². The fourth-order valence-electron chi connectivity index (χ4n) is 4.76. The van der Waals surface area contributed by atoms with Crippen molar-refractivity contribution in [2.24, 2.45) is 0 Å². The molecule has 0 radical (unpaired) electrons. The van der Waals surface area contributed by atoms with Gasteiger partial charge in [0.05, 0.1) is 18.1 Å². The summed E-state index contributed by atoms with van der Waals surface area (Å²) in [5.41, 5.74) is -0.298. The van der Waals surface area contributed by atoms with Gasteiger partial charge in [0.1, 0.15) is 33.9 Å². The first kappa shape index (κ1) is 25.5. The van der Waals surface area contributed by atoms with Crippen molar-refractivity contribution in [2.75, 3.05) is 7.11 Å². The molecular weight excluding hydrogens is 494 g/mol. The Morgan fingerprint density at radius 2 is 1.05 bits per heavy atom. The van der Waals surface area contributed by atoms with E-state index in [0.717, 1.165) is 0 Å². The first-order chi connectivity index (χ1) is 17.7. The summed E-state index contributed by atoms with van der Waals surface area (Å²) < 4.78 is 48.7. The molecule has 0 saturated carbocycles. The number of benzene rings is 3. The van der Waals surface area contributed by atoms with E-state index in [1.165, 1.54) is 52.6 Å². The van der Waals surface area contributed by atoms with Gasteiger partial charge in [0, 0.05) is 21.5 Å². The Morgan fingerprint density at radius 1 is 0.658 bits per heavy atom. The Morgan fingerprint density at radius 3 is 1.39 bits per heavy atom. The van der Waals surface area contributed by atoms with Crippen molar-refractivity contribution in [1.82, 2.24) is 9.13 Å². The fourth-order valence-corrected chi connectivity index (χ4v) is 4.76. The molecule has 0 unspecified atom stereocenters. The number of hydrogen-bond donors (Lipinski definition) is 0. The van der Waals surface area contributed by atoms with Crippen molar-refractivity contribution in [2.45, 2.75) is 52.7 Å². The average Bonchev–Trinajstić information content (AvgIpc) is 3.27. The summed E-state index contributed by atoms with van der Waals surface area (Å²) in [7, 11) is 1.41. The quantitative estimate of drug-likeness (QED) is 0.225. The van der Waals surface area contributed by atoms with Crippen LogP contribution in [0.1, 0.15) is 41.5 Å². The number of nitrogens with zero attached hydrogens (tertiary/aromatic N) is 2. The lowest BCUT2D eigenvalue weighted by atomic mass is 10.1. The topological polar surface area (TPSA) is 71.7 Å². The molecule has 3 aromatic carbocycles. The lowest BCUT2D eigenvalue weighted by Gasteiger charge is -2.21. The maximum atomic E-state index is 14.4. The Hall–Kier alpha value is -4.14. The maximum absolute atomic E-state index is 14.4. The first-order valence-corrected chi connectivity index (χ1v) is 12.1. The summed E-state index contributed by atoms with van der Waals surface area (Å²) in [6.45, 7) is 10.4. The third kappa shape index (κ3) is 4.12. The second kappa shape index (κ2) is 8.44. The van der Waals surface area contributed by atoms with E-state index < -0.39 is 35.0 Å². The van der Waals surface area contributed by atoms with Crippen LogP contribution in [0.15, 0.2) is 42.5 Å². The largest absolute Gasteiger partial charge is 0.492 e. The number of carbonyl (C=O) groups excluding carboxylic acids is 2. The zero-order chi connectivity index (χ0) is 27.7. The fraction of sp³-hybridized carbons (Fsp3) is 0.310. The Kier molecular flexibility index (Phi) is 5.67. The highest BCUT2D eigenvalue weighted by molar-refractivity contribution is 6.24. The van der Waals surface area contributed by atoms with Gasteiger partial charge in [-0.15, -0.1) is 0 Å². The molecule has 2 aromatic heterocycles. The number of aromatic nitrogens is 2. The van der Waals surface area contributed by atoms with E-state index >= 15 is 0 Å². The van der Waals surface area contributed by atoms with E-state index in [4.69, 9.17) is 14.2 Å². The molecule has 0 atom stereocenters. The molecule has 0 fully saturated rings. The number of ether oxygens (including phenoxy) is 3. The molecule has 0 aliphatic carbocycles. The van der Waals surface area contributed by atoms with E-state index in [0.29, 0.717) is 32.6 Å². The third-order valence-electron chi connectivity index (χ3n) is 6.01. The number of hydrogen-bond acceptors (Lipinski definition) is 5. The molecule has 198 valence electrons. The SMILES string of the molecule is COc1c2c(cc3c4cc(F)ccc4n(C(=O)OC(C)(C)C)c13)c1cc(F)ccc1n2C(=O)OC(C)(C)C. The third-order valence-corrected chi connectivity index (χ3v) is 6.01. The van der Waals surface area contributed by atoms with Crippen molar-refractivity contribution in [3.63, 3.8) is 0 Å². The normalized spacial score (nSPS) is 12.6. The number of fused-ring (bicyclic) bond motifs is 6. The molecule has 7 nitrogen and oxygen atoms in total. The van der Waals surface area contributed by atoms with Crippen LogP contribution in [0, 0.1) is 11.6 Å². The molecule has 5 rings (SSSR count). The minimum atomic E-state index is -0.819. The van der Waals surface area contributed by atoms with Gasteiger partial charge in [-0.3, -0.25) is 0 Å². The van der Waals surface area contributed by atoms with Crippen LogP contribution in [0.3, 0.4) is 0 Å². The Labute approximate surface area is 217 Å². The smallest absolute Gasteiger partial charge is 0.419 e. The Balaban J connectivity index is 2.01. The van der Waals surface area contributed by atoms with Crippen LogP contribution in [0.25, 0.3) is 43.6 Å². The standard InChI is InChI=1S/C29H28F2N2O5/c1-28(2,3)37-26(34)32-21-10-8-15(30)12-17(21)19-14-20-18-13-16(31)9-11-22(18)33(27(35)38-29(4,5)6)24(20)25(36-7)23(19)32/h8-14H,1-7H3. The van der Waals surface area contributed by atoms with Gasteiger partial charge in [0.25, 0.3) is 0 Å². The lowest BCUT2D eigenvalue weighted by molar-refractivity contribution is 0.0541. The van der Waals surface area contributed by atoms with Gasteiger partial charge in [0.2, 0.25) is 0 Å². The molecule has 0 saturated heterocycles. The highest BCUT2D eigenvalue weighted by atomic mass is 19.1. The number of halogens is 2. The summed E-state index contributed by atoms with van der Waals surface area (Å²) in [5.74, 6) is -0.841. The molecule has 0 spiro atoms. The summed E-state index contributed by atoms with van der Waals surface area (Å²) in [6, 6.07) is 9.81. The second-order valence-corrected chi connectivity index (χ2v) is 11.2. The minimum absolute atomic E-state index is 0.155. The summed E-state index contributed by atoms with van der Waals surface area (Å²) >= 11 is 0. The highest BCUT2D eigenvalue weighted by Gasteiger charge is 2.30. The van der Waals surface area contributed by atoms with Crippen molar-refractivity contribution in [3.05, 3.63) is 54.1 Å².